The van der Waals surface area contributed by atoms with Crippen LogP contribution < -0.4 is 0 Å². The van der Waals surface area contributed by atoms with E-state index in [1.165, 1.54) is 91.4 Å². The van der Waals surface area contributed by atoms with Gasteiger partial charge in [-0.2, -0.15) is 0 Å². The maximum atomic E-state index is 12.6. The summed E-state index contributed by atoms with van der Waals surface area (Å²) in [5.74, 6) is -2.45. The van der Waals surface area contributed by atoms with Crippen LogP contribution in [0.4, 0.5) is 0 Å². The van der Waals surface area contributed by atoms with Gasteiger partial charge in [-0.1, -0.05) is 117 Å². The minimum atomic E-state index is -1.33. The standard InChI is InChI=1S/C35H58O8/c1-8-9-10-11-12-13-14-15-16-17-18-19-20-21-22-23-31(36)40-24-35(25-41-32(37)28(2)3,26-42-33(38)29(4)5)27-43-34(39)30(6)7/h2,4,6,8-27H2,1,3,5,7H3. The lowest BCUT2D eigenvalue weighted by Crippen LogP contribution is -2.44. The highest BCUT2D eigenvalue weighted by Crippen LogP contribution is 2.23. The van der Waals surface area contributed by atoms with Crippen molar-refractivity contribution >= 4 is 23.9 Å². The zero-order chi connectivity index (χ0) is 32.5. The first kappa shape index (κ1) is 40.1. The average molecular weight is 607 g/mol. The highest BCUT2D eigenvalue weighted by atomic mass is 16.6. The molecule has 0 aliphatic carbocycles. The Morgan fingerprint density at radius 2 is 0.744 bits per heavy atom. The van der Waals surface area contributed by atoms with Gasteiger partial charge in [0, 0.05) is 23.1 Å². The van der Waals surface area contributed by atoms with Gasteiger partial charge in [0.05, 0.1) is 0 Å². The molecule has 0 aromatic heterocycles. The van der Waals surface area contributed by atoms with E-state index in [9.17, 15) is 19.2 Å². The largest absolute Gasteiger partial charge is 0.465 e. The van der Waals surface area contributed by atoms with Crippen molar-refractivity contribution in [3.8, 4) is 0 Å². The fraction of sp³-hybridized carbons (Fsp3) is 0.714. The van der Waals surface area contributed by atoms with E-state index in [0.29, 0.717) is 6.42 Å². The number of ether oxygens (including phenoxy) is 4. The highest BCUT2D eigenvalue weighted by molar-refractivity contribution is 5.88. The van der Waals surface area contributed by atoms with E-state index in [2.05, 4.69) is 26.7 Å². The van der Waals surface area contributed by atoms with E-state index in [-0.39, 0.29) is 49.6 Å². The molecule has 0 rings (SSSR count). The third-order valence-corrected chi connectivity index (χ3v) is 7.10. The molecule has 0 bridgehead atoms. The minimum absolute atomic E-state index is 0.164. The van der Waals surface area contributed by atoms with E-state index in [1.54, 1.807) is 0 Å². The van der Waals surface area contributed by atoms with Crippen LogP contribution in [0.25, 0.3) is 0 Å². The first-order valence-corrected chi connectivity index (χ1v) is 16.1. The molecule has 0 aromatic carbocycles. The molecule has 0 fully saturated rings. The van der Waals surface area contributed by atoms with Crippen LogP contribution in [0.15, 0.2) is 36.5 Å². The van der Waals surface area contributed by atoms with E-state index in [1.807, 2.05) is 0 Å². The molecule has 0 aliphatic heterocycles. The van der Waals surface area contributed by atoms with Crippen LogP contribution in [0.2, 0.25) is 0 Å². The van der Waals surface area contributed by atoms with Gasteiger partial charge in [0.25, 0.3) is 0 Å². The summed E-state index contributed by atoms with van der Waals surface area (Å²) >= 11 is 0. The third-order valence-electron chi connectivity index (χ3n) is 7.10. The lowest BCUT2D eigenvalue weighted by atomic mass is 9.92. The Hall–Kier alpha value is -2.90. The van der Waals surface area contributed by atoms with E-state index >= 15 is 0 Å². The van der Waals surface area contributed by atoms with Crippen molar-refractivity contribution in [2.45, 2.75) is 130 Å². The number of carbonyl (C=O) groups excluding carboxylic acids is 4. The highest BCUT2D eigenvalue weighted by Gasteiger charge is 2.38. The van der Waals surface area contributed by atoms with Gasteiger partial charge in [0.15, 0.2) is 0 Å². The first-order chi connectivity index (χ1) is 20.4. The lowest BCUT2D eigenvalue weighted by molar-refractivity contribution is -0.167. The molecular weight excluding hydrogens is 548 g/mol. The molecule has 0 aromatic rings. The Bertz CT molecular complexity index is 814. The quantitative estimate of drug-likeness (QED) is 0.0399. The van der Waals surface area contributed by atoms with Gasteiger partial charge in [-0.3, -0.25) is 4.79 Å². The Morgan fingerprint density at radius 1 is 0.465 bits per heavy atom. The molecular formula is C35H58O8. The van der Waals surface area contributed by atoms with Crippen LogP contribution >= 0.6 is 0 Å². The monoisotopic (exact) mass is 606 g/mol. The van der Waals surface area contributed by atoms with Gasteiger partial charge in [-0.25, -0.2) is 14.4 Å². The summed E-state index contributed by atoms with van der Waals surface area (Å²) in [4.78, 5) is 48.9. The van der Waals surface area contributed by atoms with Gasteiger partial charge in [0.2, 0.25) is 0 Å². The normalized spacial score (nSPS) is 11.0. The van der Waals surface area contributed by atoms with Crippen molar-refractivity contribution in [1.82, 2.24) is 0 Å². The molecule has 0 saturated heterocycles. The van der Waals surface area contributed by atoms with Crippen molar-refractivity contribution in [2.24, 2.45) is 5.41 Å². The molecule has 0 radical (unpaired) electrons. The van der Waals surface area contributed by atoms with Gasteiger partial charge >= 0.3 is 23.9 Å². The second-order valence-corrected chi connectivity index (χ2v) is 11.9. The first-order valence-electron chi connectivity index (χ1n) is 16.1. The summed E-state index contributed by atoms with van der Waals surface area (Å²) < 4.78 is 21.5. The topological polar surface area (TPSA) is 105 Å². The van der Waals surface area contributed by atoms with Crippen molar-refractivity contribution in [3.05, 3.63) is 36.5 Å². The molecule has 0 saturated carbocycles. The Balaban J connectivity index is 4.66. The number of hydrogen-bond acceptors (Lipinski definition) is 8. The lowest BCUT2D eigenvalue weighted by Gasteiger charge is -2.31. The van der Waals surface area contributed by atoms with E-state index < -0.39 is 29.3 Å². The van der Waals surface area contributed by atoms with Gasteiger partial charge in [-0.15, -0.1) is 0 Å². The van der Waals surface area contributed by atoms with Crippen LogP contribution in [0.3, 0.4) is 0 Å². The van der Waals surface area contributed by atoms with E-state index in [0.717, 1.165) is 19.3 Å². The maximum absolute atomic E-state index is 12.6. The summed E-state index contributed by atoms with van der Waals surface area (Å²) in [6.45, 7) is 16.1. The Labute approximate surface area is 260 Å². The molecule has 8 nitrogen and oxygen atoms in total. The van der Waals surface area contributed by atoms with Gasteiger partial charge in [0.1, 0.15) is 31.8 Å². The summed E-state index contributed by atoms with van der Waals surface area (Å²) in [5.41, 5.74) is -0.836. The smallest absolute Gasteiger partial charge is 0.333 e. The average Bonchev–Trinajstić information content (AvgIpc) is 2.97. The number of esters is 4. The van der Waals surface area contributed by atoms with Crippen molar-refractivity contribution < 1.29 is 38.1 Å². The number of carbonyl (C=O) groups is 4. The van der Waals surface area contributed by atoms with Gasteiger partial charge in [-0.05, 0) is 27.2 Å². The molecule has 0 amide bonds. The number of rotatable bonds is 27. The third kappa shape index (κ3) is 21.4. The Morgan fingerprint density at radius 3 is 1.05 bits per heavy atom. The van der Waals surface area contributed by atoms with E-state index in [4.69, 9.17) is 18.9 Å². The minimum Gasteiger partial charge on any atom is -0.465 e. The zero-order valence-corrected chi connectivity index (χ0v) is 27.5. The van der Waals surface area contributed by atoms with Crippen LogP contribution in [0.5, 0.6) is 0 Å². The van der Waals surface area contributed by atoms with Crippen molar-refractivity contribution in [1.29, 1.82) is 0 Å². The van der Waals surface area contributed by atoms with Crippen LogP contribution in [-0.4, -0.2) is 50.3 Å². The molecule has 0 unspecified atom stereocenters. The van der Waals surface area contributed by atoms with Crippen LogP contribution in [0, 0.1) is 5.41 Å². The van der Waals surface area contributed by atoms with Crippen molar-refractivity contribution in [3.63, 3.8) is 0 Å². The summed E-state index contributed by atoms with van der Waals surface area (Å²) in [7, 11) is 0. The SMILES string of the molecule is C=C(C)C(=O)OCC(COC(=O)CCCCCCCCCCCCCCCCC)(COC(=O)C(=C)C)COC(=O)C(=C)C. The second-order valence-electron chi connectivity index (χ2n) is 11.9. The van der Waals surface area contributed by atoms with Gasteiger partial charge < -0.3 is 18.9 Å². The molecule has 0 spiro atoms. The molecule has 43 heavy (non-hydrogen) atoms. The van der Waals surface area contributed by atoms with Crippen LogP contribution in [-0.2, 0) is 38.1 Å². The molecule has 0 N–H and O–H groups in total. The fourth-order valence-corrected chi connectivity index (χ4v) is 4.22. The van der Waals surface area contributed by atoms with Crippen LogP contribution in [0.1, 0.15) is 130 Å². The predicted molar refractivity (Wildman–Crippen MR) is 170 cm³/mol. The zero-order valence-electron chi connectivity index (χ0n) is 27.5. The molecule has 0 heterocycles. The fourth-order valence-electron chi connectivity index (χ4n) is 4.22. The summed E-state index contributed by atoms with van der Waals surface area (Å²) in [6.07, 6.45) is 18.7. The molecule has 0 aliphatic rings. The van der Waals surface area contributed by atoms with Crippen molar-refractivity contribution in [2.75, 3.05) is 26.4 Å². The maximum Gasteiger partial charge on any atom is 0.333 e. The second kappa shape index (κ2) is 24.5. The molecule has 0 atom stereocenters. The predicted octanol–water partition coefficient (Wildman–Crippen LogP) is 8.14. The Kier molecular flexibility index (Phi) is 22.9. The molecule has 246 valence electrons. The number of unbranched alkanes of at least 4 members (excludes halogenated alkanes) is 14. The molecule has 8 heteroatoms. The number of hydrogen-bond donors (Lipinski definition) is 0. The summed E-state index contributed by atoms with van der Waals surface area (Å²) in [5, 5.41) is 0. The summed E-state index contributed by atoms with van der Waals surface area (Å²) in [6, 6.07) is 0.